The lowest BCUT2D eigenvalue weighted by atomic mass is 10.2. The normalized spacial score (nSPS) is 11.2. The molecule has 0 aliphatic heterocycles. The van der Waals surface area contributed by atoms with Crippen LogP contribution in [0, 0.1) is 0 Å². The topological polar surface area (TPSA) is 119 Å². The van der Waals surface area contributed by atoms with Gasteiger partial charge in [0.05, 0.1) is 24.2 Å². The van der Waals surface area contributed by atoms with Gasteiger partial charge in [-0.05, 0) is 18.2 Å². The van der Waals surface area contributed by atoms with Crippen LogP contribution in [0.3, 0.4) is 0 Å². The molecular weight excluding hydrogens is 260 g/mol. The van der Waals surface area contributed by atoms with Gasteiger partial charge in [-0.3, -0.25) is 0 Å². The van der Waals surface area contributed by atoms with Crippen molar-refractivity contribution in [2.24, 2.45) is 0 Å². The lowest BCUT2D eigenvalue weighted by Gasteiger charge is -2.10. The second-order valence-corrected chi connectivity index (χ2v) is 5.10. The fraction of sp³-hybridized carbons (Fsp3) is 0.300. The molecule has 0 heterocycles. The van der Waals surface area contributed by atoms with E-state index in [-0.39, 0.29) is 29.3 Å². The number of rotatable bonds is 5. The van der Waals surface area contributed by atoms with E-state index >= 15 is 0 Å². The minimum Gasteiger partial charge on any atom is -0.465 e. The maximum absolute atomic E-state index is 11.9. The highest BCUT2D eigenvalue weighted by Gasteiger charge is 2.22. The number of carbonyl (C=O) groups is 1. The van der Waals surface area contributed by atoms with Crippen molar-refractivity contribution in [1.29, 1.82) is 0 Å². The Labute approximate surface area is 105 Å². The van der Waals surface area contributed by atoms with Crippen LogP contribution in [0.15, 0.2) is 23.1 Å². The maximum atomic E-state index is 11.9. The van der Waals surface area contributed by atoms with E-state index in [1.54, 1.807) is 0 Å². The number of anilines is 1. The first-order chi connectivity index (χ1) is 8.42. The highest BCUT2D eigenvalue weighted by Crippen LogP contribution is 2.19. The molecule has 0 aliphatic carbocycles. The predicted molar refractivity (Wildman–Crippen MR) is 64.5 cm³/mol. The van der Waals surface area contributed by atoms with E-state index in [1.807, 2.05) is 0 Å². The number of nitrogens with one attached hydrogen (secondary N) is 1. The molecule has 0 amide bonds. The number of esters is 1. The van der Waals surface area contributed by atoms with Gasteiger partial charge in [-0.15, -0.1) is 0 Å². The second-order valence-electron chi connectivity index (χ2n) is 3.37. The Morgan fingerprint density at radius 2 is 2.17 bits per heavy atom. The molecule has 0 fully saturated rings. The van der Waals surface area contributed by atoms with E-state index in [9.17, 15) is 13.2 Å². The first-order valence-corrected chi connectivity index (χ1v) is 6.49. The summed E-state index contributed by atoms with van der Waals surface area (Å²) in [5.41, 5.74) is 5.59. The van der Waals surface area contributed by atoms with Crippen molar-refractivity contribution in [3.05, 3.63) is 23.8 Å². The van der Waals surface area contributed by atoms with Gasteiger partial charge in [0, 0.05) is 12.2 Å². The zero-order valence-corrected chi connectivity index (χ0v) is 10.5. The first kappa shape index (κ1) is 14.4. The molecular formula is C10H14N2O5S. The maximum Gasteiger partial charge on any atom is 0.339 e. The average Bonchev–Trinajstić information content (AvgIpc) is 2.35. The molecule has 0 bridgehead atoms. The van der Waals surface area contributed by atoms with Crippen LogP contribution in [0.5, 0.6) is 0 Å². The molecule has 0 spiro atoms. The number of hydrogen-bond acceptors (Lipinski definition) is 6. The molecule has 7 nitrogen and oxygen atoms in total. The average molecular weight is 274 g/mol. The molecule has 0 atom stereocenters. The van der Waals surface area contributed by atoms with Gasteiger partial charge in [0.15, 0.2) is 0 Å². The number of aliphatic hydroxyl groups is 1. The Kier molecular flexibility index (Phi) is 4.65. The van der Waals surface area contributed by atoms with Crippen molar-refractivity contribution in [1.82, 2.24) is 4.72 Å². The van der Waals surface area contributed by atoms with E-state index in [4.69, 9.17) is 10.8 Å². The van der Waals surface area contributed by atoms with E-state index in [0.717, 1.165) is 13.2 Å². The van der Waals surface area contributed by atoms with Crippen molar-refractivity contribution in [3.63, 3.8) is 0 Å². The third-order valence-electron chi connectivity index (χ3n) is 2.10. The lowest BCUT2D eigenvalue weighted by Crippen LogP contribution is -2.28. The van der Waals surface area contributed by atoms with Crippen LogP contribution in [-0.2, 0) is 14.8 Å². The van der Waals surface area contributed by atoms with Crippen LogP contribution >= 0.6 is 0 Å². The van der Waals surface area contributed by atoms with Crippen LogP contribution in [0.1, 0.15) is 10.4 Å². The molecule has 0 saturated carbocycles. The molecule has 0 unspecified atom stereocenters. The fourth-order valence-electron chi connectivity index (χ4n) is 1.30. The zero-order valence-electron chi connectivity index (χ0n) is 9.71. The summed E-state index contributed by atoms with van der Waals surface area (Å²) in [5, 5.41) is 8.61. The van der Waals surface area contributed by atoms with Crippen LogP contribution in [0.2, 0.25) is 0 Å². The van der Waals surface area contributed by atoms with Gasteiger partial charge >= 0.3 is 5.97 Å². The Morgan fingerprint density at radius 3 is 2.72 bits per heavy atom. The molecule has 100 valence electrons. The molecule has 18 heavy (non-hydrogen) atoms. The van der Waals surface area contributed by atoms with Crippen LogP contribution in [0.4, 0.5) is 5.69 Å². The summed E-state index contributed by atoms with van der Waals surface area (Å²) in [6.07, 6.45) is 0. The van der Waals surface area contributed by atoms with E-state index in [0.29, 0.717) is 0 Å². The first-order valence-electron chi connectivity index (χ1n) is 5.00. The SMILES string of the molecule is COC(=O)c1ccc(N)cc1S(=O)(=O)NCCO. The molecule has 1 aromatic rings. The molecule has 1 rings (SSSR count). The zero-order chi connectivity index (χ0) is 13.8. The van der Waals surface area contributed by atoms with Crippen molar-refractivity contribution in [2.75, 3.05) is 26.0 Å². The second kappa shape index (κ2) is 5.80. The van der Waals surface area contributed by atoms with Crippen molar-refractivity contribution in [3.8, 4) is 0 Å². The highest BCUT2D eigenvalue weighted by molar-refractivity contribution is 7.89. The van der Waals surface area contributed by atoms with Gasteiger partial charge in [-0.25, -0.2) is 17.9 Å². The van der Waals surface area contributed by atoms with Gasteiger partial charge in [-0.1, -0.05) is 0 Å². The van der Waals surface area contributed by atoms with Gasteiger partial charge in [0.25, 0.3) is 0 Å². The van der Waals surface area contributed by atoms with Gasteiger partial charge in [0.1, 0.15) is 0 Å². The van der Waals surface area contributed by atoms with Crippen molar-refractivity contribution in [2.45, 2.75) is 4.90 Å². The number of carbonyl (C=O) groups excluding carboxylic acids is 1. The van der Waals surface area contributed by atoms with Crippen molar-refractivity contribution < 1.29 is 23.1 Å². The summed E-state index contributed by atoms with van der Waals surface area (Å²) < 4.78 is 30.4. The lowest BCUT2D eigenvalue weighted by molar-refractivity contribution is 0.0596. The standard InChI is InChI=1S/C10H14N2O5S/c1-17-10(14)8-3-2-7(11)6-9(8)18(15,16)12-4-5-13/h2-3,6,12-13H,4-5,11H2,1H3. The monoisotopic (exact) mass is 274 g/mol. The number of nitrogens with two attached hydrogens (primary N) is 1. The summed E-state index contributed by atoms with van der Waals surface area (Å²) in [4.78, 5) is 11.2. The number of sulfonamides is 1. The number of hydrogen-bond donors (Lipinski definition) is 3. The summed E-state index contributed by atoms with van der Waals surface area (Å²) in [6, 6.07) is 3.83. The minimum atomic E-state index is -3.92. The summed E-state index contributed by atoms with van der Waals surface area (Å²) in [5.74, 6) is -0.778. The Morgan fingerprint density at radius 1 is 1.50 bits per heavy atom. The number of ether oxygens (including phenoxy) is 1. The van der Waals surface area contributed by atoms with E-state index < -0.39 is 16.0 Å². The third kappa shape index (κ3) is 3.19. The number of nitrogen functional groups attached to an aromatic ring is 1. The fourth-order valence-corrected chi connectivity index (χ4v) is 2.55. The van der Waals surface area contributed by atoms with Gasteiger partial charge in [-0.2, -0.15) is 0 Å². The number of aliphatic hydroxyl groups excluding tert-OH is 1. The Balaban J connectivity index is 3.29. The molecule has 1 aromatic carbocycles. The Bertz CT molecular complexity index is 541. The van der Waals surface area contributed by atoms with E-state index in [1.165, 1.54) is 12.1 Å². The third-order valence-corrected chi connectivity index (χ3v) is 3.61. The molecule has 0 aromatic heterocycles. The van der Waals surface area contributed by atoms with Crippen LogP contribution < -0.4 is 10.5 Å². The van der Waals surface area contributed by atoms with Crippen LogP contribution in [0.25, 0.3) is 0 Å². The molecule has 0 saturated heterocycles. The van der Waals surface area contributed by atoms with Gasteiger partial charge in [0.2, 0.25) is 10.0 Å². The van der Waals surface area contributed by atoms with Gasteiger partial charge < -0.3 is 15.6 Å². The molecule has 0 radical (unpaired) electrons. The van der Waals surface area contributed by atoms with Crippen LogP contribution in [-0.4, -0.2) is 39.8 Å². The molecule has 4 N–H and O–H groups in total. The predicted octanol–water partition coefficient (Wildman–Crippen LogP) is -0.674. The number of methoxy groups -OCH3 is 1. The molecule has 0 aliphatic rings. The van der Waals surface area contributed by atoms with E-state index in [2.05, 4.69) is 9.46 Å². The van der Waals surface area contributed by atoms with Crippen molar-refractivity contribution >= 4 is 21.7 Å². The quantitative estimate of drug-likeness (QED) is 0.484. The summed E-state index contributed by atoms with van der Waals surface area (Å²) in [7, 11) is -2.77. The largest absolute Gasteiger partial charge is 0.465 e. The summed E-state index contributed by atoms with van der Waals surface area (Å²) >= 11 is 0. The smallest absolute Gasteiger partial charge is 0.339 e. The highest BCUT2D eigenvalue weighted by atomic mass is 32.2. The number of benzene rings is 1. The molecule has 8 heteroatoms. The summed E-state index contributed by atoms with van der Waals surface area (Å²) in [6.45, 7) is -0.507. The minimum absolute atomic E-state index is 0.114. The Hall–Kier alpha value is -1.64.